The highest BCUT2D eigenvalue weighted by Gasteiger charge is 2.26. The average molecular weight is 483 g/mol. The van der Waals surface area contributed by atoms with Crippen molar-refractivity contribution < 1.29 is 28.3 Å². The van der Waals surface area contributed by atoms with Gasteiger partial charge in [0.1, 0.15) is 11.2 Å². The molecule has 2 heterocycles. The maximum Gasteiger partial charge on any atom is 0.340 e. The largest absolute Gasteiger partial charge is 0.481 e. The van der Waals surface area contributed by atoms with Crippen LogP contribution in [0, 0.1) is 25.7 Å². The van der Waals surface area contributed by atoms with Crippen molar-refractivity contribution in [2.24, 2.45) is 11.8 Å². The Balaban J connectivity index is 1.28. The van der Waals surface area contributed by atoms with Crippen LogP contribution >= 0.6 is 0 Å². The van der Waals surface area contributed by atoms with Crippen molar-refractivity contribution >= 4 is 39.7 Å². The Morgan fingerprint density at radius 3 is 2.46 bits per heavy atom. The molecule has 0 bridgehead atoms. The molecular formula is C26H30N2O7. The van der Waals surface area contributed by atoms with Crippen LogP contribution in [0.25, 0.3) is 21.9 Å². The molecule has 0 saturated heterocycles. The van der Waals surface area contributed by atoms with Gasteiger partial charge in [0.2, 0.25) is 11.8 Å². The summed E-state index contributed by atoms with van der Waals surface area (Å²) in [4.78, 5) is 48.2. The summed E-state index contributed by atoms with van der Waals surface area (Å²) in [5, 5.41) is 16.3. The number of carbonyl (C=O) groups is 3. The average Bonchev–Trinajstić information content (AvgIpc) is 3.19. The molecule has 9 nitrogen and oxygen atoms in total. The zero-order valence-corrected chi connectivity index (χ0v) is 19.9. The van der Waals surface area contributed by atoms with E-state index in [2.05, 4.69) is 10.6 Å². The second kappa shape index (κ2) is 10.3. The molecule has 0 aliphatic heterocycles. The molecule has 3 aromatic rings. The molecule has 1 aliphatic rings. The van der Waals surface area contributed by atoms with E-state index in [9.17, 15) is 19.2 Å². The summed E-state index contributed by atoms with van der Waals surface area (Å²) in [6, 6.07) is 3.59. The van der Waals surface area contributed by atoms with Gasteiger partial charge in [-0.2, -0.15) is 0 Å². The maximum absolute atomic E-state index is 12.5. The van der Waals surface area contributed by atoms with Gasteiger partial charge in [-0.15, -0.1) is 0 Å². The summed E-state index contributed by atoms with van der Waals surface area (Å²) in [5.74, 6) is -1.27. The van der Waals surface area contributed by atoms with Gasteiger partial charge in [0.15, 0.2) is 0 Å². The van der Waals surface area contributed by atoms with Gasteiger partial charge in [0.25, 0.3) is 0 Å². The number of amides is 2. The number of carboxylic acid groups (broad SMARTS) is 1. The number of nitrogens with one attached hydrogen (secondary N) is 2. The number of rotatable bonds is 8. The highest BCUT2D eigenvalue weighted by molar-refractivity contribution is 5.96. The first kappa shape index (κ1) is 24.5. The van der Waals surface area contributed by atoms with E-state index in [1.807, 2.05) is 13.0 Å². The van der Waals surface area contributed by atoms with E-state index in [4.69, 9.17) is 13.9 Å². The van der Waals surface area contributed by atoms with Crippen molar-refractivity contribution in [2.75, 3.05) is 13.1 Å². The zero-order chi connectivity index (χ0) is 25.1. The van der Waals surface area contributed by atoms with Crippen LogP contribution in [0.15, 0.2) is 32.0 Å². The second-order valence-electron chi connectivity index (χ2n) is 9.39. The van der Waals surface area contributed by atoms with Crippen LogP contribution < -0.4 is 16.3 Å². The maximum atomic E-state index is 12.5. The predicted octanol–water partition coefficient (Wildman–Crippen LogP) is 3.21. The SMILES string of the molecule is Cc1coc2cc3oc(=O)c(CC(=O)NCCC(=O)NCC4CCC(C(=O)O)CC4)c(C)c3cc12. The van der Waals surface area contributed by atoms with Crippen LogP contribution in [-0.4, -0.2) is 36.0 Å². The topological polar surface area (TPSA) is 139 Å². The number of hydrogen-bond acceptors (Lipinski definition) is 6. The third-order valence-corrected chi connectivity index (χ3v) is 6.97. The number of fused-ring (bicyclic) bond motifs is 2. The Labute approximate surface area is 201 Å². The van der Waals surface area contributed by atoms with Crippen LogP contribution in [-0.2, 0) is 20.8 Å². The van der Waals surface area contributed by atoms with E-state index in [0.717, 1.165) is 29.2 Å². The van der Waals surface area contributed by atoms with Gasteiger partial charge in [-0.3, -0.25) is 14.4 Å². The molecule has 3 N–H and O–H groups in total. The molecule has 0 spiro atoms. The summed E-state index contributed by atoms with van der Waals surface area (Å²) < 4.78 is 10.9. The van der Waals surface area contributed by atoms with Crippen LogP contribution in [0.1, 0.15) is 48.8 Å². The van der Waals surface area contributed by atoms with Crippen molar-refractivity contribution in [3.05, 3.63) is 45.5 Å². The minimum Gasteiger partial charge on any atom is -0.481 e. The second-order valence-corrected chi connectivity index (χ2v) is 9.39. The standard InChI is InChI=1S/C26H30N2O7/c1-14-13-34-21-11-22-19(9-18(14)21)15(2)20(26(33)35-22)10-24(30)27-8-7-23(29)28-12-16-3-5-17(6-4-16)25(31)32/h9,11,13,16-17H,3-8,10,12H2,1-2H3,(H,27,30)(H,28,29)(H,31,32). The van der Waals surface area contributed by atoms with Crippen molar-refractivity contribution in [1.29, 1.82) is 0 Å². The molecule has 1 fully saturated rings. The Hall–Kier alpha value is -3.62. The predicted molar refractivity (Wildman–Crippen MR) is 129 cm³/mol. The molecule has 1 saturated carbocycles. The van der Waals surface area contributed by atoms with E-state index < -0.39 is 11.6 Å². The Morgan fingerprint density at radius 1 is 1.00 bits per heavy atom. The number of hydrogen-bond donors (Lipinski definition) is 3. The lowest BCUT2D eigenvalue weighted by molar-refractivity contribution is -0.143. The van der Waals surface area contributed by atoms with Crippen molar-refractivity contribution in [1.82, 2.24) is 10.6 Å². The minimum absolute atomic E-state index is 0.124. The van der Waals surface area contributed by atoms with Crippen LogP contribution in [0.3, 0.4) is 0 Å². The summed E-state index contributed by atoms with van der Waals surface area (Å²) in [7, 11) is 0. The first-order chi connectivity index (χ1) is 16.7. The number of aliphatic carboxylic acids is 1. The lowest BCUT2D eigenvalue weighted by atomic mass is 9.82. The molecule has 35 heavy (non-hydrogen) atoms. The van der Waals surface area contributed by atoms with Gasteiger partial charge in [-0.1, -0.05) is 0 Å². The van der Waals surface area contributed by atoms with Gasteiger partial charge >= 0.3 is 11.6 Å². The molecule has 1 aliphatic carbocycles. The molecular weight excluding hydrogens is 452 g/mol. The van der Waals surface area contributed by atoms with Gasteiger partial charge in [-0.05, 0) is 62.6 Å². The molecule has 1 aromatic carbocycles. The molecule has 9 heteroatoms. The molecule has 2 aromatic heterocycles. The Kier molecular flexibility index (Phi) is 7.23. The van der Waals surface area contributed by atoms with E-state index in [0.29, 0.717) is 36.1 Å². The fourth-order valence-electron chi connectivity index (χ4n) is 4.74. The van der Waals surface area contributed by atoms with Crippen molar-refractivity contribution in [2.45, 2.75) is 52.4 Å². The summed E-state index contributed by atoms with van der Waals surface area (Å²) in [6.45, 7) is 4.39. The number of carbonyl (C=O) groups excluding carboxylic acids is 2. The first-order valence-electron chi connectivity index (χ1n) is 11.9. The third-order valence-electron chi connectivity index (χ3n) is 6.97. The summed E-state index contributed by atoms with van der Waals surface area (Å²) >= 11 is 0. The van der Waals surface area contributed by atoms with E-state index in [-0.39, 0.29) is 48.6 Å². The molecule has 4 rings (SSSR count). The molecule has 186 valence electrons. The number of benzene rings is 1. The smallest absolute Gasteiger partial charge is 0.340 e. The van der Waals surface area contributed by atoms with E-state index in [1.54, 1.807) is 19.3 Å². The van der Waals surface area contributed by atoms with Crippen molar-refractivity contribution in [3.8, 4) is 0 Å². The normalized spacial score (nSPS) is 18.0. The fraction of sp³-hybridized carbons (Fsp3) is 0.462. The number of furan rings is 1. The van der Waals surface area contributed by atoms with Gasteiger partial charge in [0, 0.05) is 36.3 Å². The van der Waals surface area contributed by atoms with Crippen molar-refractivity contribution in [3.63, 3.8) is 0 Å². The first-order valence-corrected chi connectivity index (χ1v) is 11.9. The number of aryl methyl sites for hydroxylation is 2. The molecule has 0 unspecified atom stereocenters. The van der Waals surface area contributed by atoms with E-state index >= 15 is 0 Å². The van der Waals surface area contributed by atoms with Gasteiger partial charge in [-0.25, -0.2) is 4.79 Å². The van der Waals surface area contributed by atoms with Crippen LogP contribution in [0.4, 0.5) is 0 Å². The van der Waals surface area contributed by atoms with Gasteiger partial charge in [0.05, 0.1) is 24.2 Å². The Morgan fingerprint density at radius 2 is 1.74 bits per heavy atom. The van der Waals surface area contributed by atoms with Crippen LogP contribution in [0.2, 0.25) is 0 Å². The minimum atomic E-state index is -0.745. The Bertz CT molecular complexity index is 1330. The van der Waals surface area contributed by atoms with Gasteiger partial charge < -0.3 is 24.6 Å². The number of carboxylic acids is 1. The summed E-state index contributed by atoms with van der Waals surface area (Å²) in [6.07, 6.45) is 4.48. The fourth-order valence-corrected chi connectivity index (χ4v) is 4.74. The summed E-state index contributed by atoms with van der Waals surface area (Å²) in [5.41, 5.74) is 2.42. The monoisotopic (exact) mass is 482 g/mol. The molecule has 0 atom stereocenters. The van der Waals surface area contributed by atoms with E-state index in [1.165, 1.54) is 0 Å². The molecule has 0 radical (unpaired) electrons. The zero-order valence-electron chi connectivity index (χ0n) is 19.9. The molecule has 2 amide bonds. The van der Waals surface area contributed by atoms with Crippen LogP contribution in [0.5, 0.6) is 0 Å². The highest BCUT2D eigenvalue weighted by atomic mass is 16.4. The quantitative estimate of drug-likeness (QED) is 0.419. The lowest BCUT2D eigenvalue weighted by Crippen LogP contribution is -2.35. The third kappa shape index (κ3) is 5.55. The lowest BCUT2D eigenvalue weighted by Gasteiger charge is -2.26. The highest BCUT2D eigenvalue weighted by Crippen LogP contribution is 2.29.